The first-order chi connectivity index (χ1) is 17.4. The summed E-state index contributed by atoms with van der Waals surface area (Å²) < 4.78 is 5.65. The van der Waals surface area contributed by atoms with Crippen LogP contribution in [0, 0.1) is 11.3 Å². The van der Waals surface area contributed by atoms with Crippen LogP contribution in [0.15, 0.2) is 24.4 Å². The molecule has 1 saturated heterocycles. The summed E-state index contributed by atoms with van der Waals surface area (Å²) >= 11 is 0. The molecule has 2 aliphatic heterocycles. The number of likely N-dealkylation sites (N-methyl/N-ethyl adjacent to an activating group) is 1. The maximum Gasteiger partial charge on any atom is 0.254 e. The van der Waals surface area contributed by atoms with Crippen molar-refractivity contribution in [1.29, 1.82) is 5.26 Å². The average molecular weight is 492 g/mol. The molecule has 36 heavy (non-hydrogen) atoms. The number of rotatable bonds is 9. The van der Waals surface area contributed by atoms with Gasteiger partial charge < -0.3 is 24.5 Å². The third-order valence-electron chi connectivity index (χ3n) is 7.41. The second-order valence-corrected chi connectivity index (χ2v) is 9.75. The normalized spacial score (nSPS) is 18.4. The van der Waals surface area contributed by atoms with Crippen molar-refractivity contribution < 1.29 is 14.6 Å². The number of hydrogen-bond donors (Lipinski definition) is 1. The van der Waals surface area contributed by atoms with Crippen LogP contribution in [0.2, 0.25) is 0 Å². The third kappa shape index (κ3) is 5.32. The van der Waals surface area contributed by atoms with Gasteiger partial charge in [-0.1, -0.05) is 6.92 Å². The molecule has 1 aromatic heterocycles. The minimum Gasteiger partial charge on any atom is -0.492 e. The number of hydrogen-bond acceptors (Lipinski definition) is 7. The molecule has 0 saturated carbocycles. The number of fused-ring (bicyclic) bond motifs is 1. The minimum atomic E-state index is -0.326. The van der Waals surface area contributed by atoms with E-state index in [4.69, 9.17) is 4.74 Å². The summed E-state index contributed by atoms with van der Waals surface area (Å²) in [5.41, 5.74) is 5.16. The largest absolute Gasteiger partial charge is 0.492 e. The molecule has 8 heteroatoms. The van der Waals surface area contributed by atoms with E-state index in [1.807, 2.05) is 18.7 Å². The van der Waals surface area contributed by atoms with Gasteiger partial charge in [-0.05, 0) is 70.0 Å². The summed E-state index contributed by atoms with van der Waals surface area (Å²) in [6.45, 7) is 10.3. The van der Waals surface area contributed by atoms with Crippen molar-refractivity contribution in [2.24, 2.45) is 0 Å². The van der Waals surface area contributed by atoms with E-state index in [2.05, 4.69) is 47.0 Å². The van der Waals surface area contributed by atoms with E-state index in [1.165, 1.54) is 6.20 Å². The highest BCUT2D eigenvalue weighted by molar-refractivity contribution is 5.99. The lowest BCUT2D eigenvalue weighted by atomic mass is 9.92. The fourth-order valence-corrected chi connectivity index (χ4v) is 5.09. The van der Waals surface area contributed by atoms with Gasteiger partial charge in [0.2, 0.25) is 0 Å². The number of nitrogens with zero attached hydrogens (tertiary/aromatic N) is 5. The van der Waals surface area contributed by atoms with E-state index < -0.39 is 0 Å². The topological polar surface area (TPSA) is 92.9 Å². The fraction of sp³-hybridized carbons (Fsp3) is 0.536. The molecule has 0 radical (unpaired) electrons. The molecular formula is C28H37N5O3. The van der Waals surface area contributed by atoms with Crippen molar-refractivity contribution in [3.63, 3.8) is 0 Å². The molecule has 1 amide bonds. The van der Waals surface area contributed by atoms with Gasteiger partial charge in [-0.15, -0.1) is 0 Å². The first-order valence-corrected chi connectivity index (χ1v) is 13.0. The van der Waals surface area contributed by atoms with Gasteiger partial charge in [0, 0.05) is 49.7 Å². The van der Waals surface area contributed by atoms with Crippen molar-refractivity contribution in [2.45, 2.75) is 52.2 Å². The number of aliphatic hydroxyl groups is 1. The van der Waals surface area contributed by atoms with Crippen LogP contribution < -0.4 is 9.64 Å². The summed E-state index contributed by atoms with van der Waals surface area (Å²) in [6.07, 6.45) is 3.56. The summed E-state index contributed by atoms with van der Waals surface area (Å²) in [6, 6.07) is 7.93. The molecule has 2 atom stereocenters. The maximum atomic E-state index is 13.9. The molecule has 2 aromatic rings. The van der Waals surface area contributed by atoms with Gasteiger partial charge >= 0.3 is 0 Å². The van der Waals surface area contributed by atoms with E-state index >= 15 is 0 Å². The molecule has 1 N–H and O–H groups in total. The van der Waals surface area contributed by atoms with Crippen LogP contribution >= 0.6 is 0 Å². The Labute approximate surface area is 214 Å². The summed E-state index contributed by atoms with van der Waals surface area (Å²) in [5, 5.41) is 19.5. The number of β-amino-alcohol motifs (C(OH)–C–C–N with tert-alkyl or cyclic N) is 1. The number of pyridine rings is 1. The lowest BCUT2D eigenvalue weighted by molar-refractivity contribution is 0.0669. The van der Waals surface area contributed by atoms with Crippen LogP contribution in [0.5, 0.6) is 5.75 Å². The molecule has 0 aliphatic carbocycles. The zero-order valence-corrected chi connectivity index (χ0v) is 21.8. The van der Waals surface area contributed by atoms with E-state index in [-0.39, 0.29) is 18.1 Å². The van der Waals surface area contributed by atoms with Crippen LogP contribution in [0.1, 0.15) is 66.0 Å². The van der Waals surface area contributed by atoms with Crippen molar-refractivity contribution in [3.05, 3.63) is 52.3 Å². The Morgan fingerprint density at radius 1 is 1.31 bits per heavy atom. The highest BCUT2D eigenvalue weighted by atomic mass is 16.5. The number of nitriles is 1. The molecule has 1 aromatic carbocycles. The molecule has 8 nitrogen and oxygen atoms in total. The monoisotopic (exact) mass is 491 g/mol. The van der Waals surface area contributed by atoms with Crippen LogP contribution in [0.3, 0.4) is 0 Å². The highest BCUT2D eigenvalue weighted by Crippen LogP contribution is 2.36. The Morgan fingerprint density at radius 3 is 2.78 bits per heavy atom. The SMILES string of the molecule is CCOc1cc([C@H](C)N2CCc3c(cc(CCN(C)CC)cc3N3CCC(O)C3)C2=O)ncc1C#N. The van der Waals surface area contributed by atoms with E-state index in [0.717, 1.165) is 61.3 Å². The van der Waals surface area contributed by atoms with E-state index in [0.29, 0.717) is 36.7 Å². The van der Waals surface area contributed by atoms with Crippen LogP contribution in [-0.2, 0) is 12.8 Å². The van der Waals surface area contributed by atoms with Gasteiger partial charge in [-0.25, -0.2) is 0 Å². The number of anilines is 1. The maximum absolute atomic E-state index is 13.9. The van der Waals surface area contributed by atoms with Gasteiger partial charge in [0.25, 0.3) is 5.91 Å². The number of carbonyl (C=O) groups is 1. The fourth-order valence-electron chi connectivity index (χ4n) is 5.09. The van der Waals surface area contributed by atoms with Crippen LogP contribution in [0.25, 0.3) is 0 Å². The molecular weight excluding hydrogens is 454 g/mol. The smallest absolute Gasteiger partial charge is 0.254 e. The van der Waals surface area contributed by atoms with Gasteiger partial charge in [-0.3, -0.25) is 9.78 Å². The first-order valence-electron chi connectivity index (χ1n) is 13.0. The van der Waals surface area contributed by atoms with Gasteiger partial charge in [0.15, 0.2) is 0 Å². The Kier molecular flexibility index (Phi) is 8.12. The van der Waals surface area contributed by atoms with Crippen molar-refractivity contribution in [1.82, 2.24) is 14.8 Å². The molecule has 3 heterocycles. The molecule has 192 valence electrons. The second kappa shape index (κ2) is 11.3. The van der Waals surface area contributed by atoms with Crippen LogP contribution in [-0.4, -0.2) is 78.3 Å². The zero-order chi connectivity index (χ0) is 25.8. The Balaban J connectivity index is 1.66. The van der Waals surface area contributed by atoms with E-state index in [1.54, 1.807) is 6.07 Å². The second-order valence-electron chi connectivity index (χ2n) is 9.75. The van der Waals surface area contributed by atoms with Crippen molar-refractivity contribution >= 4 is 11.6 Å². The molecule has 1 fully saturated rings. The molecule has 0 bridgehead atoms. The highest BCUT2D eigenvalue weighted by Gasteiger charge is 2.33. The summed E-state index contributed by atoms with van der Waals surface area (Å²) in [7, 11) is 2.10. The van der Waals surface area contributed by atoms with Crippen LogP contribution in [0.4, 0.5) is 5.69 Å². The summed E-state index contributed by atoms with van der Waals surface area (Å²) in [4.78, 5) is 24.7. The van der Waals surface area contributed by atoms with Gasteiger partial charge in [-0.2, -0.15) is 5.26 Å². The number of benzene rings is 1. The number of amides is 1. The lowest BCUT2D eigenvalue weighted by Crippen LogP contribution is -2.40. The van der Waals surface area contributed by atoms with Gasteiger partial charge in [0.05, 0.1) is 24.4 Å². The lowest BCUT2D eigenvalue weighted by Gasteiger charge is -2.36. The number of carbonyl (C=O) groups excluding carboxylic acids is 1. The van der Waals surface area contributed by atoms with E-state index in [9.17, 15) is 15.2 Å². The quantitative estimate of drug-likeness (QED) is 0.576. The summed E-state index contributed by atoms with van der Waals surface area (Å²) in [5.74, 6) is 0.499. The molecule has 0 spiro atoms. The molecule has 4 rings (SSSR count). The van der Waals surface area contributed by atoms with Crippen molar-refractivity contribution in [2.75, 3.05) is 51.3 Å². The Morgan fingerprint density at radius 2 is 2.11 bits per heavy atom. The Hall–Kier alpha value is -3.15. The number of aliphatic hydroxyl groups excluding tert-OH is 1. The predicted molar refractivity (Wildman–Crippen MR) is 139 cm³/mol. The standard InChI is InChI=1S/C28H37N5O3/c1-5-31(4)10-7-20-13-24-23(26(14-20)32-11-8-22(34)18-32)9-12-33(28(24)35)19(3)25-15-27(36-6-2)21(16-29)17-30-25/h13-15,17,19,22,34H,5-12,18H2,1-4H3/t19-,22?/m0/s1. The average Bonchev–Trinajstić information content (AvgIpc) is 3.33. The molecule has 1 unspecified atom stereocenters. The predicted octanol–water partition coefficient (Wildman–Crippen LogP) is 3.18. The third-order valence-corrected chi connectivity index (χ3v) is 7.41. The molecule has 2 aliphatic rings. The van der Waals surface area contributed by atoms with Gasteiger partial charge in [0.1, 0.15) is 17.4 Å². The Bertz CT molecular complexity index is 1140. The minimum absolute atomic E-state index is 0.000406. The zero-order valence-electron chi connectivity index (χ0n) is 21.8. The first kappa shape index (κ1) is 25.9. The number of aromatic nitrogens is 1. The van der Waals surface area contributed by atoms with Crippen molar-refractivity contribution in [3.8, 4) is 11.8 Å². The number of ether oxygens (including phenoxy) is 1.